The zero-order valence-electron chi connectivity index (χ0n) is 18.9. The highest BCUT2D eigenvalue weighted by molar-refractivity contribution is 7.99. The number of nitro benzene ring substituents is 1. The summed E-state index contributed by atoms with van der Waals surface area (Å²) in [5.41, 5.74) is 0.161. The summed E-state index contributed by atoms with van der Waals surface area (Å²) in [6, 6.07) is 29.9. The van der Waals surface area contributed by atoms with Crippen LogP contribution in [0, 0.1) is 10.1 Å². The number of benzene rings is 4. The Morgan fingerprint density at radius 3 is 2.11 bits per heavy atom. The summed E-state index contributed by atoms with van der Waals surface area (Å²) >= 11 is 1.46. The Bertz CT molecular complexity index is 1480. The Balaban J connectivity index is 1.65. The van der Waals surface area contributed by atoms with E-state index in [1.54, 1.807) is 30.3 Å². The van der Waals surface area contributed by atoms with Gasteiger partial charge in [-0.15, -0.1) is 0 Å². The van der Waals surface area contributed by atoms with Crippen LogP contribution in [-0.4, -0.2) is 25.8 Å². The van der Waals surface area contributed by atoms with E-state index in [-0.39, 0.29) is 5.69 Å². The van der Waals surface area contributed by atoms with Gasteiger partial charge in [0.2, 0.25) is 5.91 Å². The zero-order chi connectivity index (χ0) is 25.5. The molecular formula is C26H21N3O5S2. The maximum absolute atomic E-state index is 13.6. The lowest BCUT2D eigenvalue weighted by atomic mass is 10.3. The van der Waals surface area contributed by atoms with Crippen molar-refractivity contribution in [3.8, 4) is 0 Å². The lowest BCUT2D eigenvalue weighted by Crippen LogP contribution is -2.38. The van der Waals surface area contributed by atoms with Gasteiger partial charge in [-0.3, -0.25) is 19.2 Å². The SMILES string of the molecule is O=C(CN(c1ccccc1)S(=O)(=O)c1ccccc1[N+](=O)[O-])Nc1ccccc1Sc1ccccc1. The van der Waals surface area contributed by atoms with Crippen LogP contribution in [0.1, 0.15) is 0 Å². The molecule has 1 amide bonds. The van der Waals surface area contributed by atoms with E-state index in [0.717, 1.165) is 26.2 Å². The number of nitrogens with zero attached hydrogens (tertiary/aromatic N) is 2. The second kappa shape index (κ2) is 11.1. The Labute approximate surface area is 212 Å². The molecule has 0 spiro atoms. The van der Waals surface area contributed by atoms with Crippen LogP contribution in [-0.2, 0) is 14.8 Å². The second-order valence-electron chi connectivity index (χ2n) is 7.53. The van der Waals surface area contributed by atoms with Crippen molar-refractivity contribution in [3.05, 3.63) is 119 Å². The van der Waals surface area contributed by atoms with E-state index < -0.39 is 38.0 Å². The molecule has 0 unspecified atom stereocenters. The average molecular weight is 520 g/mol. The first-order valence-electron chi connectivity index (χ1n) is 10.8. The molecule has 182 valence electrons. The van der Waals surface area contributed by atoms with E-state index in [4.69, 9.17) is 0 Å². The molecule has 0 radical (unpaired) electrons. The van der Waals surface area contributed by atoms with E-state index in [1.807, 2.05) is 42.5 Å². The highest BCUT2D eigenvalue weighted by Crippen LogP contribution is 2.34. The van der Waals surface area contributed by atoms with Crippen LogP contribution in [0.3, 0.4) is 0 Å². The number of nitro groups is 1. The summed E-state index contributed by atoms with van der Waals surface area (Å²) < 4.78 is 28.1. The van der Waals surface area contributed by atoms with E-state index in [2.05, 4.69) is 5.32 Å². The Morgan fingerprint density at radius 1 is 0.833 bits per heavy atom. The Kier molecular flexibility index (Phi) is 7.67. The van der Waals surface area contributed by atoms with Gasteiger partial charge < -0.3 is 5.32 Å². The molecule has 0 saturated carbocycles. The second-order valence-corrected chi connectivity index (χ2v) is 10.5. The lowest BCUT2D eigenvalue weighted by molar-refractivity contribution is -0.387. The molecule has 0 fully saturated rings. The molecule has 8 nitrogen and oxygen atoms in total. The van der Waals surface area contributed by atoms with E-state index in [1.165, 1.54) is 36.0 Å². The maximum atomic E-state index is 13.6. The van der Waals surface area contributed by atoms with Gasteiger partial charge in [-0.25, -0.2) is 8.42 Å². The van der Waals surface area contributed by atoms with Crippen LogP contribution in [0.5, 0.6) is 0 Å². The third-order valence-corrected chi connectivity index (χ3v) is 8.00. The van der Waals surface area contributed by atoms with Gasteiger partial charge in [-0.2, -0.15) is 0 Å². The van der Waals surface area contributed by atoms with Gasteiger partial charge in [-0.1, -0.05) is 72.4 Å². The molecule has 0 aliphatic heterocycles. The summed E-state index contributed by atoms with van der Waals surface area (Å²) in [5, 5.41) is 14.3. The quantitative estimate of drug-likeness (QED) is 0.228. The lowest BCUT2D eigenvalue weighted by Gasteiger charge is -2.24. The van der Waals surface area contributed by atoms with E-state index in [0.29, 0.717) is 5.69 Å². The number of sulfonamides is 1. The predicted octanol–water partition coefficient (Wildman–Crippen LogP) is 5.58. The van der Waals surface area contributed by atoms with Crippen molar-refractivity contribution in [1.29, 1.82) is 0 Å². The highest BCUT2D eigenvalue weighted by atomic mass is 32.2. The van der Waals surface area contributed by atoms with Gasteiger partial charge in [0.1, 0.15) is 6.54 Å². The van der Waals surface area contributed by atoms with E-state index >= 15 is 0 Å². The number of carbonyl (C=O) groups excluding carboxylic acids is 1. The van der Waals surface area contributed by atoms with Crippen LogP contribution in [0.4, 0.5) is 17.1 Å². The van der Waals surface area contributed by atoms with Crippen molar-refractivity contribution in [2.24, 2.45) is 0 Å². The number of hydrogen-bond donors (Lipinski definition) is 1. The van der Waals surface area contributed by atoms with Crippen molar-refractivity contribution in [2.75, 3.05) is 16.2 Å². The average Bonchev–Trinajstić information content (AvgIpc) is 2.89. The van der Waals surface area contributed by atoms with Gasteiger partial charge >= 0.3 is 0 Å². The van der Waals surface area contributed by atoms with Crippen molar-refractivity contribution in [2.45, 2.75) is 14.7 Å². The molecule has 0 saturated heterocycles. The summed E-state index contributed by atoms with van der Waals surface area (Å²) in [6.45, 7) is -0.581. The van der Waals surface area contributed by atoms with E-state index in [9.17, 15) is 23.3 Å². The van der Waals surface area contributed by atoms with Crippen molar-refractivity contribution >= 4 is 44.8 Å². The normalized spacial score (nSPS) is 11.0. The van der Waals surface area contributed by atoms with Crippen LogP contribution < -0.4 is 9.62 Å². The van der Waals surface area contributed by atoms with Gasteiger partial charge in [0.15, 0.2) is 4.90 Å². The molecule has 0 aliphatic carbocycles. The predicted molar refractivity (Wildman–Crippen MR) is 140 cm³/mol. The number of hydrogen-bond acceptors (Lipinski definition) is 6. The molecule has 4 aromatic rings. The number of rotatable bonds is 9. The fraction of sp³-hybridized carbons (Fsp3) is 0.0385. The smallest absolute Gasteiger partial charge is 0.289 e. The van der Waals surface area contributed by atoms with Gasteiger partial charge in [-0.05, 0) is 42.5 Å². The topological polar surface area (TPSA) is 110 Å². The molecule has 4 rings (SSSR count). The molecule has 0 heterocycles. The molecule has 4 aromatic carbocycles. The number of para-hydroxylation sites is 3. The first kappa shape index (κ1) is 25.0. The third-order valence-electron chi connectivity index (χ3n) is 5.09. The molecule has 1 N–H and O–H groups in total. The minimum absolute atomic E-state index is 0.206. The standard InChI is InChI=1S/C26H21N3O5S2/c30-26(27-22-15-7-9-17-24(22)35-21-13-5-2-6-14-21)19-28(20-11-3-1-4-12-20)36(33,34)25-18-10-8-16-23(25)29(31)32/h1-18H,19H2,(H,27,30). The molecule has 0 aliphatic rings. The summed E-state index contributed by atoms with van der Waals surface area (Å²) in [4.78, 5) is 25.2. The maximum Gasteiger partial charge on any atom is 0.289 e. The molecule has 36 heavy (non-hydrogen) atoms. The van der Waals surface area contributed by atoms with Crippen LogP contribution >= 0.6 is 11.8 Å². The Hall–Kier alpha value is -4.15. The summed E-state index contributed by atoms with van der Waals surface area (Å²) in [5.74, 6) is -0.595. The first-order valence-corrected chi connectivity index (χ1v) is 13.0. The molecule has 0 aromatic heterocycles. The van der Waals surface area contributed by atoms with Crippen molar-refractivity contribution in [3.63, 3.8) is 0 Å². The van der Waals surface area contributed by atoms with Crippen molar-refractivity contribution < 1.29 is 18.1 Å². The van der Waals surface area contributed by atoms with Crippen molar-refractivity contribution in [1.82, 2.24) is 0 Å². The van der Waals surface area contributed by atoms with Gasteiger partial charge in [0, 0.05) is 15.9 Å². The molecular weight excluding hydrogens is 498 g/mol. The first-order chi connectivity index (χ1) is 17.4. The third kappa shape index (κ3) is 5.73. The minimum Gasteiger partial charge on any atom is -0.323 e. The van der Waals surface area contributed by atoms with Gasteiger partial charge in [0.05, 0.1) is 16.3 Å². The molecule has 10 heteroatoms. The van der Waals surface area contributed by atoms with Crippen LogP contribution in [0.25, 0.3) is 0 Å². The Morgan fingerprint density at radius 2 is 1.42 bits per heavy atom. The number of anilines is 2. The van der Waals surface area contributed by atoms with Crippen LogP contribution in [0.2, 0.25) is 0 Å². The number of nitrogens with one attached hydrogen (secondary N) is 1. The summed E-state index contributed by atoms with van der Waals surface area (Å²) in [6.07, 6.45) is 0. The largest absolute Gasteiger partial charge is 0.323 e. The fourth-order valence-corrected chi connectivity index (χ4v) is 5.95. The highest BCUT2D eigenvalue weighted by Gasteiger charge is 2.33. The molecule has 0 atom stereocenters. The van der Waals surface area contributed by atoms with Crippen LogP contribution in [0.15, 0.2) is 124 Å². The zero-order valence-corrected chi connectivity index (χ0v) is 20.5. The van der Waals surface area contributed by atoms with Gasteiger partial charge in [0.25, 0.3) is 15.7 Å². The molecule has 0 bridgehead atoms. The summed E-state index contributed by atoms with van der Waals surface area (Å²) in [7, 11) is -4.45. The minimum atomic E-state index is -4.45. The monoisotopic (exact) mass is 519 g/mol. The number of carbonyl (C=O) groups is 1. The number of amides is 1. The fourth-order valence-electron chi connectivity index (χ4n) is 3.45.